The number of hydrogen-bond acceptors (Lipinski definition) is 5. The van der Waals surface area contributed by atoms with Crippen molar-refractivity contribution in [2.45, 2.75) is 19.8 Å². The Morgan fingerprint density at radius 2 is 1.76 bits per heavy atom. The molecule has 0 unspecified atom stereocenters. The van der Waals surface area contributed by atoms with Gasteiger partial charge in [-0.05, 0) is 55.2 Å². The van der Waals surface area contributed by atoms with E-state index in [1.807, 2.05) is 37.3 Å². The summed E-state index contributed by atoms with van der Waals surface area (Å²) in [6.45, 7) is 3.43. The lowest BCUT2D eigenvalue weighted by atomic mass is 10.0. The van der Waals surface area contributed by atoms with Crippen molar-refractivity contribution in [2.24, 2.45) is 7.05 Å². The summed E-state index contributed by atoms with van der Waals surface area (Å²) >= 11 is 0. The van der Waals surface area contributed by atoms with E-state index >= 15 is 0 Å². The highest BCUT2D eigenvalue weighted by atomic mass is 19.1. The van der Waals surface area contributed by atoms with Crippen LogP contribution in [-0.2, 0) is 13.5 Å². The van der Waals surface area contributed by atoms with Crippen molar-refractivity contribution in [3.63, 3.8) is 0 Å². The van der Waals surface area contributed by atoms with Crippen LogP contribution in [0.2, 0.25) is 0 Å². The van der Waals surface area contributed by atoms with Crippen molar-refractivity contribution >= 4 is 11.6 Å². The van der Waals surface area contributed by atoms with Crippen molar-refractivity contribution in [1.29, 1.82) is 0 Å². The van der Waals surface area contributed by atoms with Gasteiger partial charge in [-0.2, -0.15) is 0 Å². The Bertz CT molecular complexity index is 1300. The van der Waals surface area contributed by atoms with Crippen LogP contribution < -0.4 is 16.2 Å². The maximum absolute atomic E-state index is 13.6. The second-order valence-corrected chi connectivity index (χ2v) is 8.01. The average molecular weight is 458 g/mol. The van der Waals surface area contributed by atoms with E-state index in [0.29, 0.717) is 35.0 Å². The molecule has 2 aromatic carbocycles. The van der Waals surface area contributed by atoms with Crippen LogP contribution >= 0.6 is 0 Å². The molecule has 4 aromatic rings. The van der Waals surface area contributed by atoms with Gasteiger partial charge in [0.05, 0.1) is 11.3 Å². The lowest BCUT2D eigenvalue weighted by Gasteiger charge is -2.16. The molecular formula is C27H28FN5O. The number of hydrogen-bond donors (Lipinski definition) is 2. The summed E-state index contributed by atoms with van der Waals surface area (Å²) in [4.78, 5) is 22.8. The van der Waals surface area contributed by atoms with Gasteiger partial charge in [-0.1, -0.05) is 42.5 Å². The van der Waals surface area contributed by atoms with E-state index in [1.54, 1.807) is 25.4 Å². The average Bonchev–Trinajstić information content (AvgIpc) is 2.86. The highest BCUT2D eigenvalue weighted by Crippen LogP contribution is 2.29. The number of benzene rings is 2. The van der Waals surface area contributed by atoms with Crippen LogP contribution in [0.15, 0.2) is 77.7 Å². The van der Waals surface area contributed by atoms with Crippen LogP contribution in [0.25, 0.3) is 22.5 Å². The van der Waals surface area contributed by atoms with E-state index in [9.17, 15) is 9.18 Å². The van der Waals surface area contributed by atoms with Crippen molar-refractivity contribution in [3.8, 4) is 22.5 Å². The highest BCUT2D eigenvalue weighted by molar-refractivity contribution is 5.80. The number of halogens is 1. The molecule has 0 aliphatic carbocycles. The molecule has 174 valence electrons. The molecule has 0 radical (unpaired) electrons. The Morgan fingerprint density at radius 3 is 2.50 bits per heavy atom. The molecule has 2 aromatic heterocycles. The summed E-state index contributed by atoms with van der Waals surface area (Å²) in [5.41, 5.74) is 3.94. The molecule has 34 heavy (non-hydrogen) atoms. The van der Waals surface area contributed by atoms with Crippen LogP contribution in [0.4, 0.5) is 16.0 Å². The summed E-state index contributed by atoms with van der Waals surface area (Å²) in [5.74, 6) is 0.105. The van der Waals surface area contributed by atoms with Crippen LogP contribution in [-0.4, -0.2) is 27.6 Å². The predicted molar refractivity (Wildman–Crippen MR) is 136 cm³/mol. The van der Waals surface area contributed by atoms with Gasteiger partial charge in [0.1, 0.15) is 11.5 Å². The molecule has 0 amide bonds. The number of nitrogens with one attached hydrogen (secondary N) is 2. The molecule has 0 saturated carbocycles. The van der Waals surface area contributed by atoms with Gasteiger partial charge in [-0.25, -0.2) is 9.37 Å². The second kappa shape index (κ2) is 10.7. The molecule has 2 N–H and O–H groups in total. The molecule has 2 heterocycles. The zero-order chi connectivity index (χ0) is 23.9. The first kappa shape index (κ1) is 23.2. The molecule has 0 bridgehead atoms. The van der Waals surface area contributed by atoms with Crippen molar-refractivity contribution in [3.05, 3.63) is 94.7 Å². The minimum atomic E-state index is -0.362. The number of nitrogens with zero attached hydrogens (tertiary/aromatic N) is 3. The Balaban J connectivity index is 1.70. The Labute approximate surface area is 198 Å². The van der Waals surface area contributed by atoms with Crippen molar-refractivity contribution in [2.75, 3.05) is 23.7 Å². The quantitative estimate of drug-likeness (QED) is 0.341. The van der Waals surface area contributed by atoms with Crippen LogP contribution in [0.3, 0.4) is 0 Å². The topological polar surface area (TPSA) is 71.8 Å². The third-order valence-corrected chi connectivity index (χ3v) is 5.58. The van der Waals surface area contributed by atoms with E-state index in [2.05, 4.69) is 27.8 Å². The van der Waals surface area contributed by atoms with Crippen molar-refractivity contribution < 1.29 is 4.39 Å². The third-order valence-electron chi connectivity index (χ3n) is 5.58. The minimum absolute atomic E-state index is 0.224. The Hall–Kier alpha value is -4.00. The Morgan fingerprint density at radius 1 is 1.00 bits per heavy atom. The van der Waals surface area contributed by atoms with E-state index < -0.39 is 0 Å². The van der Waals surface area contributed by atoms with E-state index in [0.717, 1.165) is 25.1 Å². The molecule has 0 saturated heterocycles. The fourth-order valence-corrected chi connectivity index (χ4v) is 3.83. The summed E-state index contributed by atoms with van der Waals surface area (Å²) < 4.78 is 15.1. The van der Waals surface area contributed by atoms with Crippen LogP contribution in [0.5, 0.6) is 0 Å². The van der Waals surface area contributed by atoms with Gasteiger partial charge in [0, 0.05) is 32.0 Å². The van der Waals surface area contributed by atoms with Gasteiger partial charge in [-0.15, -0.1) is 0 Å². The van der Waals surface area contributed by atoms with Gasteiger partial charge in [0.25, 0.3) is 5.56 Å². The monoisotopic (exact) mass is 457 g/mol. The zero-order valence-electron chi connectivity index (χ0n) is 19.4. The first-order valence-electron chi connectivity index (χ1n) is 11.4. The Kier molecular flexibility index (Phi) is 7.32. The molecule has 0 aliphatic rings. The molecule has 7 heteroatoms. The first-order valence-corrected chi connectivity index (χ1v) is 11.4. The molecule has 6 nitrogen and oxygen atoms in total. The highest BCUT2D eigenvalue weighted by Gasteiger charge is 2.19. The minimum Gasteiger partial charge on any atom is -0.385 e. The molecule has 4 rings (SSSR count). The lowest BCUT2D eigenvalue weighted by molar-refractivity contribution is 0.628. The second-order valence-electron chi connectivity index (χ2n) is 8.01. The lowest BCUT2D eigenvalue weighted by Crippen LogP contribution is -2.25. The molecule has 0 fully saturated rings. The molecular weight excluding hydrogens is 429 g/mol. The number of rotatable bonds is 9. The molecule has 0 spiro atoms. The summed E-state index contributed by atoms with van der Waals surface area (Å²) in [6, 6.07) is 19.9. The number of pyridine rings is 1. The fraction of sp³-hybridized carbons (Fsp3) is 0.222. The zero-order valence-corrected chi connectivity index (χ0v) is 19.4. The predicted octanol–water partition coefficient (Wildman–Crippen LogP) is 5.12. The normalized spacial score (nSPS) is 10.8. The van der Waals surface area contributed by atoms with E-state index in [1.165, 1.54) is 22.3 Å². The largest absolute Gasteiger partial charge is 0.385 e. The fourth-order valence-electron chi connectivity index (χ4n) is 3.83. The number of anilines is 2. The summed E-state index contributed by atoms with van der Waals surface area (Å²) in [7, 11) is 1.69. The first-order chi connectivity index (χ1) is 16.6. The van der Waals surface area contributed by atoms with Gasteiger partial charge in [0.2, 0.25) is 5.95 Å². The summed E-state index contributed by atoms with van der Waals surface area (Å²) in [6.07, 6.45) is 3.51. The number of aryl methyl sites for hydroxylation is 1. The van der Waals surface area contributed by atoms with Gasteiger partial charge in [0.15, 0.2) is 0 Å². The van der Waals surface area contributed by atoms with Gasteiger partial charge in [-0.3, -0.25) is 14.3 Å². The molecule has 0 aliphatic heterocycles. The third kappa shape index (κ3) is 5.31. The van der Waals surface area contributed by atoms with Crippen LogP contribution in [0, 0.1) is 5.82 Å². The summed E-state index contributed by atoms with van der Waals surface area (Å²) in [5, 5.41) is 6.58. The maximum atomic E-state index is 13.6. The number of aromatic nitrogens is 3. The van der Waals surface area contributed by atoms with Gasteiger partial charge < -0.3 is 10.6 Å². The standard InChI is InChI=1S/C27H28FN5O/c1-3-29-22-15-17-30-23(18-22)25-24(20-11-13-21(28)14-12-20)26(34)33(2)27(32-25)31-16-7-10-19-8-5-4-6-9-19/h4-6,8-9,11-15,17-18H,3,7,10,16H2,1-2H3,(H,29,30)(H,31,32). The van der Waals surface area contributed by atoms with Gasteiger partial charge >= 0.3 is 0 Å². The SMILES string of the molecule is CCNc1ccnc(-c2nc(NCCCc3ccccc3)n(C)c(=O)c2-c2ccc(F)cc2)c1. The molecule has 0 atom stereocenters. The van der Waals surface area contributed by atoms with E-state index in [4.69, 9.17) is 4.98 Å². The maximum Gasteiger partial charge on any atom is 0.263 e. The van der Waals surface area contributed by atoms with Crippen LogP contribution in [0.1, 0.15) is 18.9 Å². The van der Waals surface area contributed by atoms with E-state index in [-0.39, 0.29) is 11.4 Å². The van der Waals surface area contributed by atoms with Crippen molar-refractivity contribution in [1.82, 2.24) is 14.5 Å². The smallest absolute Gasteiger partial charge is 0.263 e.